The van der Waals surface area contributed by atoms with Crippen LogP contribution in [-0.4, -0.2) is 17.7 Å². The molecular weight excluding hydrogens is 240 g/mol. The van der Waals surface area contributed by atoms with Crippen molar-refractivity contribution in [2.24, 2.45) is 0 Å². The van der Waals surface area contributed by atoms with Crippen LogP contribution in [0.2, 0.25) is 5.02 Å². The Kier molecular flexibility index (Phi) is 4.58. The van der Waals surface area contributed by atoms with Crippen LogP contribution in [0.3, 0.4) is 0 Å². The summed E-state index contributed by atoms with van der Waals surface area (Å²) in [5, 5.41) is 9.30. The molecule has 1 atom stereocenters. The highest BCUT2D eigenvalue weighted by Gasteiger charge is 2.15. The molecule has 0 radical (unpaired) electrons. The van der Waals surface area contributed by atoms with Gasteiger partial charge in [0.2, 0.25) is 0 Å². The quantitative estimate of drug-likeness (QED) is 0.819. The van der Waals surface area contributed by atoms with E-state index in [1.54, 1.807) is 25.1 Å². The van der Waals surface area contributed by atoms with Crippen molar-refractivity contribution in [3.05, 3.63) is 40.9 Å². The number of halogens is 1. The molecule has 4 heteroatoms. The van der Waals surface area contributed by atoms with Gasteiger partial charge in [-0.15, -0.1) is 0 Å². The van der Waals surface area contributed by atoms with Gasteiger partial charge in [0.1, 0.15) is 12.4 Å². The Morgan fingerprint density at radius 2 is 2.24 bits per heavy atom. The fourth-order valence-corrected chi connectivity index (χ4v) is 1.49. The first-order chi connectivity index (χ1) is 7.91. The number of hydrogen-bond acceptors (Lipinski definition) is 2. The number of carboxylic acid groups (broad SMARTS) is 1. The summed E-state index contributed by atoms with van der Waals surface area (Å²) in [6.45, 7) is 7.59. The molecular formula is C13H15ClO3. The van der Waals surface area contributed by atoms with Crippen molar-refractivity contribution in [3.8, 4) is 5.75 Å². The van der Waals surface area contributed by atoms with Crippen molar-refractivity contribution in [1.29, 1.82) is 0 Å². The van der Waals surface area contributed by atoms with Gasteiger partial charge in [0, 0.05) is 0 Å². The molecule has 0 spiro atoms. The Morgan fingerprint density at radius 1 is 1.59 bits per heavy atom. The van der Waals surface area contributed by atoms with Crippen LogP contribution in [0.1, 0.15) is 25.3 Å². The molecule has 1 N–H and O–H groups in total. The molecule has 0 aliphatic rings. The summed E-state index contributed by atoms with van der Waals surface area (Å²) in [7, 11) is 0. The van der Waals surface area contributed by atoms with E-state index in [9.17, 15) is 4.79 Å². The summed E-state index contributed by atoms with van der Waals surface area (Å²) in [4.78, 5) is 10.8. The van der Waals surface area contributed by atoms with Gasteiger partial charge < -0.3 is 9.84 Å². The number of rotatable bonds is 5. The minimum Gasteiger partial charge on any atom is -0.488 e. The first kappa shape index (κ1) is 13.6. The average Bonchev–Trinajstić information content (AvgIpc) is 2.26. The molecule has 0 aliphatic heterocycles. The second-order valence-electron chi connectivity index (χ2n) is 4.00. The number of carbonyl (C=O) groups is 1. The number of ether oxygens (including phenoxy) is 1. The normalized spacial score (nSPS) is 11.9. The second-order valence-corrected chi connectivity index (χ2v) is 4.40. The molecule has 0 bridgehead atoms. The van der Waals surface area contributed by atoms with Gasteiger partial charge in [0.15, 0.2) is 0 Å². The van der Waals surface area contributed by atoms with E-state index in [2.05, 4.69) is 6.58 Å². The third-order valence-electron chi connectivity index (χ3n) is 2.30. The lowest BCUT2D eigenvalue weighted by molar-refractivity contribution is -0.138. The van der Waals surface area contributed by atoms with E-state index < -0.39 is 11.9 Å². The van der Waals surface area contributed by atoms with Crippen molar-refractivity contribution in [1.82, 2.24) is 0 Å². The van der Waals surface area contributed by atoms with Gasteiger partial charge >= 0.3 is 5.97 Å². The van der Waals surface area contributed by atoms with Gasteiger partial charge in [0.25, 0.3) is 0 Å². The summed E-state index contributed by atoms with van der Waals surface area (Å²) in [6.07, 6.45) is 0. The Bertz CT molecular complexity index is 440. The predicted octanol–water partition coefficient (Wildman–Crippen LogP) is 3.48. The van der Waals surface area contributed by atoms with Crippen molar-refractivity contribution < 1.29 is 14.6 Å². The number of hydrogen-bond donors (Lipinski definition) is 1. The lowest BCUT2D eigenvalue weighted by Crippen LogP contribution is -2.07. The second kappa shape index (κ2) is 5.73. The van der Waals surface area contributed by atoms with Gasteiger partial charge in [-0.25, -0.2) is 0 Å². The zero-order chi connectivity index (χ0) is 13.0. The molecule has 0 fully saturated rings. The van der Waals surface area contributed by atoms with Crippen LogP contribution in [0.25, 0.3) is 0 Å². The Labute approximate surface area is 106 Å². The van der Waals surface area contributed by atoms with Crippen LogP contribution in [0.4, 0.5) is 0 Å². The maximum Gasteiger partial charge on any atom is 0.310 e. The molecule has 0 saturated carbocycles. The highest BCUT2D eigenvalue weighted by Crippen LogP contribution is 2.28. The van der Waals surface area contributed by atoms with Gasteiger partial charge in [-0.05, 0) is 37.1 Å². The maximum atomic E-state index is 10.8. The summed E-state index contributed by atoms with van der Waals surface area (Å²) < 4.78 is 5.41. The molecule has 17 heavy (non-hydrogen) atoms. The van der Waals surface area contributed by atoms with Crippen LogP contribution in [-0.2, 0) is 4.79 Å². The minimum absolute atomic E-state index is 0.396. The van der Waals surface area contributed by atoms with Crippen LogP contribution in [0.5, 0.6) is 5.75 Å². The van der Waals surface area contributed by atoms with Crippen LogP contribution < -0.4 is 4.74 Å². The number of benzene rings is 1. The van der Waals surface area contributed by atoms with Gasteiger partial charge in [-0.3, -0.25) is 4.79 Å². The number of aliphatic carboxylic acids is 1. The molecule has 92 valence electrons. The van der Waals surface area contributed by atoms with E-state index in [-0.39, 0.29) is 0 Å². The highest BCUT2D eigenvalue weighted by atomic mass is 35.5. The Morgan fingerprint density at radius 3 is 2.71 bits per heavy atom. The standard InChI is InChI=1S/C13H15ClO3/c1-8(2)7-17-12-5-4-10(6-11(12)14)9(3)13(15)16/h4-6,9H,1,7H2,2-3H3,(H,15,16). The van der Waals surface area contributed by atoms with Crippen molar-refractivity contribution in [2.45, 2.75) is 19.8 Å². The van der Waals surface area contributed by atoms with E-state index in [1.807, 2.05) is 6.92 Å². The topological polar surface area (TPSA) is 46.5 Å². The molecule has 0 aliphatic carbocycles. The van der Waals surface area contributed by atoms with E-state index in [1.165, 1.54) is 0 Å². The fourth-order valence-electron chi connectivity index (χ4n) is 1.25. The third-order valence-corrected chi connectivity index (χ3v) is 2.60. The first-order valence-corrected chi connectivity index (χ1v) is 5.59. The summed E-state index contributed by atoms with van der Waals surface area (Å²) >= 11 is 6.01. The van der Waals surface area contributed by atoms with Crippen LogP contribution in [0, 0.1) is 0 Å². The molecule has 1 unspecified atom stereocenters. The van der Waals surface area contributed by atoms with Gasteiger partial charge in [-0.2, -0.15) is 0 Å². The summed E-state index contributed by atoms with van der Waals surface area (Å²) in [5.74, 6) is -0.921. The molecule has 1 rings (SSSR count). The summed E-state index contributed by atoms with van der Waals surface area (Å²) in [5.41, 5.74) is 1.55. The molecule has 0 aromatic heterocycles. The van der Waals surface area contributed by atoms with Crippen LogP contribution >= 0.6 is 11.6 Å². The van der Waals surface area contributed by atoms with Crippen molar-refractivity contribution in [2.75, 3.05) is 6.61 Å². The lowest BCUT2D eigenvalue weighted by atomic mass is 10.0. The summed E-state index contributed by atoms with van der Waals surface area (Å²) in [6, 6.07) is 5.01. The molecule has 0 heterocycles. The molecule has 0 saturated heterocycles. The van der Waals surface area contributed by atoms with Crippen LogP contribution in [0.15, 0.2) is 30.4 Å². The SMILES string of the molecule is C=C(C)COc1ccc(C(C)C(=O)O)cc1Cl. The zero-order valence-electron chi connectivity index (χ0n) is 9.87. The third kappa shape index (κ3) is 3.79. The molecule has 0 amide bonds. The van der Waals surface area contributed by atoms with E-state index in [0.717, 1.165) is 5.57 Å². The Hall–Kier alpha value is -1.48. The lowest BCUT2D eigenvalue weighted by Gasteiger charge is -2.11. The predicted molar refractivity (Wildman–Crippen MR) is 67.8 cm³/mol. The fraction of sp³-hybridized carbons (Fsp3) is 0.308. The Balaban J connectivity index is 2.86. The highest BCUT2D eigenvalue weighted by molar-refractivity contribution is 6.32. The van der Waals surface area contributed by atoms with E-state index in [0.29, 0.717) is 22.9 Å². The monoisotopic (exact) mass is 254 g/mol. The first-order valence-electron chi connectivity index (χ1n) is 5.21. The van der Waals surface area contributed by atoms with E-state index >= 15 is 0 Å². The average molecular weight is 255 g/mol. The van der Waals surface area contributed by atoms with Gasteiger partial charge in [-0.1, -0.05) is 24.2 Å². The molecule has 1 aromatic rings. The van der Waals surface area contributed by atoms with Gasteiger partial charge in [0.05, 0.1) is 10.9 Å². The smallest absolute Gasteiger partial charge is 0.310 e. The van der Waals surface area contributed by atoms with Crippen molar-refractivity contribution in [3.63, 3.8) is 0 Å². The zero-order valence-corrected chi connectivity index (χ0v) is 10.6. The largest absolute Gasteiger partial charge is 0.488 e. The minimum atomic E-state index is -0.878. The van der Waals surface area contributed by atoms with E-state index in [4.69, 9.17) is 21.4 Å². The number of carboxylic acids is 1. The molecule has 3 nitrogen and oxygen atoms in total. The molecule has 1 aromatic carbocycles. The van der Waals surface area contributed by atoms with Crippen molar-refractivity contribution >= 4 is 17.6 Å². The maximum absolute atomic E-state index is 10.8.